The average Bonchev–Trinajstić information content (AvgIpc) is 2.90. The Balaban J connectivity index is 1.70. The molecule has 3 aliphatic rings. The Morgan fingerprint density at radius 1 is 0.514 bits per heavy atom. The summed E-state index contributed by atoms with van der Waals surface area (Å²) in [5.74, 6) is 0. The molecular formula is C20H35BrO16. The fraction of sp³-hybridized carbons (Fsp3) is 1.00. The average molecular weight is 611 g/mol. The molecule has 0 radical (unpaired) electrons. The maximum atomic E-state index is 10.7. The molecule has 0 unspecified atom stereocenters. The van der Waals surface area contributed by atoms with Gasteiger partial charge in [-0.15, -0.1) is 0 Å². The minimum atomic E-state index is -1.89. The van der Waals surface area contributed by atoms with Crippen molar-refractivity contribution in [3.8, 4) is 0 Å². The molecule has 3 saturated heterocycles. The summed E-state index contributed by atoms with van der Waals surface area (Å²) in [6.45, 7) is -2.09. The van der Waals surface area contributed by atoms with Crippen LogP contribution in [0.1, 0.15) is 0 Å². The molecule has 0 aromatic carbocycles. The predicted octanol–water partition coefficient (Wildman–Crippen LogP) is -6.15. The number of aliphatic hydroxyl groups excluding tert-OH is 10. The van der Waals surface area contributed by atoms with Crippen LogP contribution in [-0.4, -0.2) is 175 Å². The lowest BCUT2D eigenvalue weighted by atomic mass is 9.96. The Morgan fingerprint density at radius 2 is 0.919 bits per heavy atom. The van der Waals surface area contributed by atoms with Gasteiger partial charge < -0.3 is 79.5 Å². The van der Waals surface area contributed by atoms with E-state index in [4.69, 9.17) is 28.4 Å². The molecule has 0 amide bonds. The van der Waals surface area contributed by atoms with Gasteiger partial charge in [-0.3, -0.25) is 0 Å². The Hall–Kier alpha value is -0.160. The summed E-state index contributed by atoms with van der Waals surface area (Å²) in [5.41, 5.74) is 0. The zero-order chi connectivity index (χ0) is 27.4. The minimum absolute atomic E-state index is 0.128. The third kappa shape index (κ3) is 6.77. The quantitative estimate of drug-likeness (QED) is 0.103. The van der Waals surface area contributed by atoms with E-state index in [1.165, 1.54) is 0 Å². The Bertz CT molecular complexity index is 687. The van der Waals surface area contributed by atoms with E-state index in [2.05, 4.69) is 15.9 Å². The lowest BCUT2D eigenvalue weighted by Crippen LogP contribution is -2.66. The summed E-state index contributed by atoms with van der Waals surface area (Å²) < 4.78 is 32.5. The fourth-order valence-electron chi connectivity index (χ4n) is 4.34. The molecule has 3 aliphatic heterocycles. The molecule has 218 valence electrons. The van der Waals surface area contributed by atoms with E-state index in [0.29, 0.717) is 5.33 Å². The van der Waals surface area contributed by atoms with Gasteiger partial charge in [0.25, 0.3) is 0 Å². The van der Waals surface area contributed by atoms with Gasteiger partial charge in [0.2, 0.25) is 0 Å². The zero-order valence-electron chi connectivity index (χ0n) is 19.5. The number of alkyl halides is 1. The smallest absolute Gasteiger partial charge is 0.187 e. The van der Waals surface area contributed by atoms with Gasteiger partial charge in [-0.05, 0) is 0 Å². The molecular weight excluding hydrogens is 576 g/mol. The Labute approximate surface area is 219 Å². The molecule has 15 atom stereocenters. The van der Waals surface area contributed by atoms with Crippen molar-refractivity contribution in [2.45, 2.75) is 92.1 Å². The van der Waals surface area contributed by atoms with Crippen LogP contribution in [0.4, 0.5) is 0 Å². The number of halogens is 1. The number of aliphatic hydroxyl groups is 10. The highest BCUT2D eigenvalue weighted by Crippen LogP contribution is 2.32. The van der Waals surface area contributed by atoms with Crippen molar-refractivity contribution in [1.82, 2.24) is 0 Å². The van der Waals surface area contributed by atoms with E-state index in [1.807, 2.05) is 0 Å². The van der Waals surface area contributed by atoms with Gasteiger partial charge in [-0.25, -0.2) is 0 Å². The van der Waals surface area contributed by atoms with Gasteiger partial charge in [0.1, 0.15) is 73.2 Å². The van der Waals surface area contributed by atoms with Crippen LogP contribution in [0.2, 0.25) is 0 Å². The van der Waals surface area contributed by atoms with Crippen LogP contribution in [0.3, 0.4) is 0 Å². The van der Waals surface area contributed by atoms with Crippen molar-refractivity contribution in [2.24, 2.45) is 0 Å². The first-order chi connectivity index (χ1) is 17.6. The first kappa shape index (κ1) is 31.4. The molecule has 10 N–H and O–H groups in total. The second-order valence-electron chi connectivity index (χ2n) is 8.87. The standard InChI is InChI=1S/C20H35BrO16/c21-1-2-32-18-14(30)11(27)16(7(4-23)34-18)37-20-15(31)12(28)17(8(5-24)35-20)36-19-13(29)10(26)9(25)6(3-22)33-19/h6-20,22-31H,1-5H2/t6-,7-,8-,9+,10+,11-,12-,13-,14-,15-,16-,17+,18+,19+,20+/m1/s1. The zero-order valence-corrected chi connectivity index (χ0v) is 21.1. The third-order valence-corrected chi connectivity index (χ3v) is 6.76. The van der Waals surface area contributed by atoms with Crippen molar-refractivity contribution < 1.29 is 79.5 Å². The van der Waals surface area contributed by atoms with Gasteiger partial charge in [0.15, 0.2) is 18.9 Å². The third-order valence-electron chi connectivity index (χ3n) is 6.43. The van der Waals surface area contributed by atoms with E-state index < -0.39 is 112 Å². The van der Waals surface area contributed by atoms with Crippen LogP contribution >= 0.6 is 15.9 Å². The summed E-state index contributed by atoms with van der Waals surface area (Å²) in [7, 11) is 0. The van der Waals surface area contributed by atoms with Crippen molar-refractivity contribution >= 4 is 15.9 Å². The van der Waals surface area contributed by atoms with Crippen molar-refractivity contribution in [1.29, 1.82) is 0 Å². The first-order valence-corrected chi connectivity index (χ1v) is 12.8. The van der Waals surface area contributed by atoms with Gasteiger partial charge in [-0.2, -0.15) is 0 Å². The van der Waals surface area contributed by atoms with E-state index >= 15 is 0 Å². The van der Waals surface area contributed by atoms with Crippen molar-refractivity contribution in [2.75, 3.05) is 31.8 Å². The van der Waals surface area contributed by atoms with Crippen molar-refractivity contribution in [3.05, 3.63) is 0 Å². The molecule has 0 aliphatic carbocycles. The van der Waals surface area contributed by atoms with Gasteiger partial charge >= 0.3 is 0 Å². The summed E-state index contributed by atoms with van der Waals surface area (Å²) in [4.78, 5) is 0. The first-order valence-electron chi connectivity index (χ1n) is 11.6. The van der Waals surface area contributed by atoms with E-state index in [9.17, 15) is 51.1 Å². The highest BCUT2D eigenvalue weighted by Gasteiger charge is 2.53. The second kappa shape index (κ2) is 14.0. The molecule has 37 heavy (non-hydrogen) atoms. The summed E-state index contributed by atoms with van der Waals surface area (Å²) in [5, 5.41) is 102. The molecule has 0 spiro atoms. The SMILES string of the molecule is OC[C@H]1O[C@@H](O[C@@H]2[C@H](O)[C@@H](O)[C@H](O[C@H]3[C@H](O)[C@@H](O)[C@@H](OCCBr)O[C@@H]3CO)O[C@@H]2CO)[C@H](O)[C@@H](O)[C@H]1O. The lowest BCUT2D eigenvalue weighted by Gasteiger charge is -2.48. The largest absolute Gasteiger partial charge is 0.394 e. The van der Waals surface area contributed by atoms with Gasteiger partial charge in [-0.1, -0.05) is 15.9 Å². The van der Waals surface area contributed by atoms with Crippen molar-refractivity contribution in [3.63, 3.8) is 0 Å². The molecule has 0 aromatic rings. The summed E-state index contributed by atoms with van der Waals surface area (Å²) in [6.07, 6.45) is -23.9. The number of rotatable bonds is 10. The second-order valence-corrected chi connectivity index (χ2v) is 9.66. The predicted molar refractivity (Wildman–Crippen MR) is 119 cm³/mol. The van der Waals surface area contributed by atoms with E-state index in [0.717, 1.165) is 0 Å². The summed E-state index contributed by atoms with van der Waals surface area (Å²) >= 11 is 3.14. The number of ether oxygens (including phenoxy) is 6. The molecule has 16 nitrogen and oxygen atoms in total. The maximum Gasteiger partial charge on any atom is 0.187 e. The normalized spacial score (nSPS) is 49.2. The summed E-state index contributed by atoms with van der Waals surface area (Å²) in [6, 6.07) is 0. The Morgan fingerprint density at radius 3 is 1.38 bits per heavy atom. The van der Waals surface area contributed by atoms with E-state index in [1.54, 1.807) is 0 Å². The Kier molecular flexibility index (Phi) is 11.8. The molecule has 0 bridgehead atoms. The highest BCUT2D eigenvalue weighted by molar-refractivity contribution is 9.09. The molecule has 3 fully saturated rings. The monoisotopic (exact) mass is 610 g/mol. The molecule has 17 heteroatoms. The maximum absolute atomic E-state index is 10.7. The fourth-order valence-corrected chi connectivity index (χ4v) is 4.53. The number of hydrogen-bond donors (Lipinski definition) is 10. The lowest BCUT2D eigenvalue weighted by molar-refractivity contribution is -0.379. The highest BCUT2D eigenvalue weighted by atomic mass is 79.9. The molecule has 0 aromatic heterocycles. The topological polar surface area (TPSA) is 258 Å². The van der Waals surface area contributed by atoms with Crippen LogP contribution in [-0.2, 0) is 28.4 Å². The van der Waals surface area contributed by atoms with Crippen LogP contribution in [0.15, 0.2) is 0 Å². The number of hydrogen-bond acceptors (Lipinski definition) is 16. The molecule has 3 heterocycles. The van der Waals surface area contributed by atoms with Crippen LogP contribution in [0.5, 0.6) is 0 Å². The molecule has 0 saturated carbocycles. The van der Waals surface area contributed by atoms with Crippen LogP contribution in [0, 0.1) is 0 Å². The van der Waals surface area contributed by atoms with Gasteiger partial charge in [0, 0.05) is 5.33 Å². The van der Waals surface area contributed by atoms with Crippen LogP contribution < -0.4 is 0 Å². The minimum Gasteiger partial charge on any atom is -0.394 e. The van der Waals surface area contributed by atoms with Gasteiger partial charge in [0.05, 0.1) is 26.4 Å². The molecule has 3 rings (SSSR count). The van der Waals surface area contributed by atoms with E-state index in [-0.39, 0.29) is 6.61 Å². The van der Waals surface area contributed by atoms with Crippen LogP contribution in [0.25, 0.3) is 0 Å².